The van der Waals surface area contributed by atoms with Crippen molar-refractivity contribution in [3.63, 3.8) is 0 Å². The van der Waals surface area contributed by atoms with Crippen molar-refractivity contribution >= 4 is 21.6 Å². The Labute approximate surface area is 108 Å². The second-order valence-corrected chi connectivity index (χ2v) is 4.70. The first-order valence-corrected chi connectivity index (χ1v) is 6.20. The molecule has 0 atom stereocenters. The van der Waals surface area contributed by atoms with Gasteiger partial charge in [-0.2, -0.15) is 0 Å². The van der Waals surface area contributed by atoms with Gasteiger partial charge in [0.05, 0.1) is 6.54 Å². The van der Waals surface area contributed by atoms with Crippen molar-refractivity contribution in [2.45, 2.75) is 20.0 Å². The topological polar surface area (TPSA) is 52.9 Å². The van der Waals surface area contributed by atoms with Gasteiger partial charge in [0.15, 0.2) is 0 Å². The highest BCUT2D eigenvalue weighted by atomic mass is 79.9. The predicted molar refractivity (Wildman–Crippen MR) is 72.0 cm³/mol. The van der Waals surface area contributed by atoms with Gasteiger partial charge in [0, 0.05) is 29.1 Å². The monoisotopic (exact) mass is 295 g/mol. The van der Waals surface area contributed by atoms with Crippen LogP contribution in [0.5, 0.6) is 0 Å². The zero-order valence-electron chi connectivity index (χ0n) is 9.56. The van der Waals surface area contributed by atoms with E-state index in [1.165, 1.54) is 0 Å². The van der Waals surface area contributed by atoms with Crippen molar-refractivity contribution in [1.82, 2.24) is 9.13 Å². The van der Waals surface area contributed by atoms with Crippen LogP contribution in [-0.2, 0) is 13.1 Å². The molecule has 1 heterocycles. The van der Waals surface area contributed by atoms with Gasteiger partial charge in [0.1, 0.15) is 0 Å². The predicted octanol–water partition coefficient (Wildman–Crippen LogP) is 2.06. The van der Waals surface area contributed by atoms with Crippen LogP contribution in [-0.4, -0.2) is 9.13 Å². The second-order valence-electron chi connectivity index (χ2n) is 3.85. The smallest absolute Gasteiger partial charge is 0.328 e. The average molecular weight is 296 g/mol. The Morgan fingerprint density at radius 2 is 2.00 bits per heavy atom. The van der Waals surface area contributed by atoms with Gasteiger partial charge in [0.25, 0.3) is 0 Å². The molecule has 90 valence electrons. The minimum atomic E-state index is 0.0104. The number of anilines is 1. The zero-order valence-corrected chi connectivity index (χ0v) is 11.1. The minimum Gasteiger partial charge on any atom is -0.399 e. The van der Waals surface area contributed by atoms with E-state index in [1.54, 1.807) is 21.5 Å². The van der Waals surface area contributed by atoms with Gasteiger partial charge < -0.3 is 5.73 Å². The maximum atomic E-state index is 11.9. The summed E-state index contributed by atoms with van der Waals surface area (Å²) in [5.41, 5.74) is 7.43. The van der Waals surface area contributed by atoms with Gasteiger partial charge >= 0.3 is 5.69 Å². The molecule has 0 unspecified atom stereocenters. The van der Waals surface area contributed by atoms with Crippen LogP contribution in [0.3, 0.4) is 0 Å². The molecule has 4 nitrogen and oxygen atoms in total. The zero-order chi connectivity index (χ0) is 12.4. The fraction of sp³-hybridized carbons (Fsp3) is 0.250. The number of halogens is 1. The Morgan fingerprint density at radius 3 is 2.59 bits per heavy atom. The van der Waals surface area contributed by atoms with Gasteiger partial charge in [-0.3, -0.25) is 9.13 Å². The lowest BCUT2D eigenvalue weighted by molar-refractivity contribution is 0.667. The van der Waals surface area contributed by atoms with E-state index in [2.05, 4.69) is 15.9 Å². The molecular formula is C12H14BrN3O. The van der Waals surface area contributed by atoms with E-state index in [4.69, 9.17) is 5.73 Å². The fourth-order valence-corrected chi connectivity index (χ4v) is 2.21. The Balaban J connectivity index is 2.31. The molecule has 0 spiro atoms. The van der Waals surface area contributed by atoms with Crippen molar-refractivity contribution in [1.29, 1.82) is 0 Å². The number of nitrogens with two attached hydrogens (primary N) is 1. The summed E-state index contributed by atoms with van der Waals surface area (Å²) in [6.45, 7) is 3.19. The van der Waals surface area contributed by atoms with E-state index in [9.17, 15) is 4.79 Å². The summed E-state index contributed by atoms with van der Waals surface area (Å²) in [5.74, 6) is 0. The molecular weight excluding hydrogens is 282 g/mol. The normalized spacial score (nSPS) is 10.7. The maximum Gasteiger partial charge on any atom is 0.328 e. The molecule has 0 radical (unpaired) electrons. The number of imidazole rings is 1. The van der Waals surface area contributed by atoms with Crippen molar-refractivity contribution in [3.8, 4) is 0 Å². The van der Waals surface area contributed by atoms with E-state index in [0.717, 1.165) is 10.0 Å². The standard InChI is InChI=1S/C12H14BrN3O/c1-2-15-5-6-16(12(15)17)8-9-3-4-10(14)7-11(9)13/h3-7H,2,8,14H2,1H3. The number of hydrogen-bond donors (Lipinski definition) is 1. The number of hydrogen-bond acceptors (Lipinski definition) is 2. The molecule has 0 saturated carbocycles. The first kappa shape index (κ1) is 12.0. The van der Waals surface area contributed by atoms with Crippen molar-refractivity contribution < 1.29 is 0 Å². The summed E-state index contributed by atoms with van der Waals surface area (Å²) >= 11 is 3.45. The molecule has 0 aliphatic heterocycles. The third-order valence-electron chi connectivity index (χ3n) is 2.68. The van der Waals surface area contributed by atoms with E-state index < -0.39 is 0 Å². The Bertz CT molecular complexity index is 586. The highest BCUT2D eigenvalue weighted by Crippen LogP contribution is 2.20. The summed E-state index contributed by atoms with van der Waals surface area (Å²) in [4.78, 5) is 11.9. The fourth-order valence-electron chi connectivity index (χ4n) is 1.69. The van der Waals surface area contributed by atoms with Crippen LogP contribution < -0.4 is 11.4 Å². The summed E-state index contributed by atoms with van der Waals surface area (Å²) in [5, 5.41) is 0. The van der Waals surface area contributed by atoms with Crippen LogP contribution in [0.15, 0.2) is 39.9 Å². The third-order valence-corrected chi connectivity index (χ3v) is 3.41. The molecule has 2 rings (SSSR count). The number of nitrogens with zero attached hydrogens (tertiary/aromatic N) is 2. The lowest BCUT2D eigenvalue weighted by Gasteiger charge is -2.05. The Hall–Kier alpha value is -1.49. The van der Waals surface area contributed by atoms with E-state index >= 15 is 0 Å². The van der Waals surface area contributed by atoms with Crippen LogP contribution in [0.25, 0.3) is 0 Å². The number of aryl methyl sites for hydroxylation is 1. The quantitative estimate of drug-likeness (QED) is 0.881. The molecule has 0 amide bonds. The average Bonchev–Trinajstić information content (AvgIpc) is 2.64. The number of aromatic nitrogens is 2. The van der Waals surface area contributed by atoms with Crippen LogP contribution in [0.2, 0.25) is 0 Å². The first-order chi connectivity index (χ1) is 8.11. The molecule has 0 fully saturated rings. The second kappa shape index (κ2) is 4.79. The Kier molecular flexibility index (Phi) is 3.38. The molecule has 5 heteroatoms. The summed E-state index contributed by atoms with van der Waals surface area (Å²) in [7, 11) is 0. The molecule has 17 heavy (non-hydrogen) atoms. The number of rotatable bonds is 3. The molecule has 0 bridgehead atoms. The molecule has 2 aromatic rings. The summed E-state index contributed by atoms with van der Waals surface area (Å²) < 4.78 is 4.28. The van der Waals surface area contributed by atoms with Gasteiger partial charge in [-0.25, -0.2) is 4.79 Å². The third kappa shape index (κ3) is 2.44. The molecule has 1 aromatic carbocycles. The van der Waals surface area contributed by atoms with Crippen LogP contribution in [0.1, 0.15) is 12.5 Å². The van der Waals surface area contributed by atoms with Crippen LogP contribution in [0, 0.1) is 0 Å². The summed E-state index contributed by atoms with van der Waals surface area (Å²) in [6.07, 6.45) is 3.60. The van der Waals surface area contributed by atoms with Gasteiger partial charge in [0.2, 0.25) is 0 Å². The number of benzene rings is 1. The lowest BCUT2D eigenvalue weighted by atomic mass is 10.2. The van der Waals surface area contributed by atoms with Gasteiger partial charge in [-0.1, -0.05) is 22.0 Å². The first-order valence-electron chi connectivity index (χ1n) is 5.41. The van der Waals surface area contributed by atoms with Crippen molar-refractivity contribution in [3.05, 3.63) is 51.1 Å². The largest absolute Gasteiger partial charge is 0.399 e. The van der Waals surface area contributed by atoms with Crippen molar-refractivity contribution in [2.24, 2.45) is 0 Å². The Morgan fingerprint density at radius 1 is 1.29 bits per heavy atom. The number of nitrogen functional groups attached to an aromatic ring is 1. The van der Waals surface area contributed by atoms with Gasteiger partial charge in [-0.05, 0) is 24.6 Å². The molecule has 0 aliphatic carbocycles. The van der Waals surface area contributed by atoms with E-state index in [0.29, 0.717) is 18.8 Å². The minimum absolute atomic E-state index is 0.0104. The molecule has 2 N–H and O–H groups in total. The maximum absolute atomic E-state index is 11.9. The molecule has 0 aliphatic rings. The summed E-state index contributed by atoms with van der Waals surface area (Å²) in [6, 6.07) is 5.61. The van der Waals surface area contributed by atoms with E-state index in [1.807, 2.05) is 25.1 Å². The lowest BCUT2D eigenvalue weighted by Crippen LogP contribution is -2.23. The van der Waals surface area contributed by atoms with Crippen LogP contribution in [0.4, 0.5) is 5.69 Å². The van der Waals surface area contributed by atoms with Crippen molar-refractivity contribution in [2.75, 3.05) is 5.73 Å². The highest BCUT2D eigenvalue weighted by molar-refractivity contribution is 9.10. The molecule has 1 aromatic heterocycles. The SMILES string of the molecule is CCn1ccn(Cc2ccc(N)cc2Br)c1=O. The molecule has 0 saturated heterocycles. The van der Waals surface area contributed by atoms with Gasteiger partial charge in [-0.15, -0.1) is 0 Å². The van der Waals surface area contributed by atoms with Crippen LogP contribution >= 0.6 is 15.9 Å². The van der Waals surface area contributed by atoms with E-state index in [-0.39, 0.29) is 5.69 Å². The highest BCUT2D eigenvalue weighted by Gasteiger charge is 2.05.